The fourth-order valence-electron chi connectivity index (χ4n) is 1.30. The summed E-state index contributed by atoms with van der Waals surface area (Å²) < 4.78 is 4.79. The fourth-order valence-corrected chi connectivity index (χ4v) is 1.49. The van der Waals surface area contributed by atoms with E-state index in [1.165, 1.54) is 6.07 Å². The Morgan fingerprint density at radius 1 is 1.53 bits per heavy atom. The number of nitrogens with one attached hydrogen (secondary N) is 1. The van der Waals surface area contributed by atoms with Crippen molar-refractivity contribution in [1.29, 1.82) is 0 Å². The van der Waals surface area contributed by atoms with Crippen LogP contribution in [-0.4, -0.2) is 21.0 Å². The Labute approximate surface area is 111 Å². The molecular weight excluding hydrogens is 276 g/mol. The number of amides is 1. The van der Waals surface area contributed by atoms with Crippen LogP contribution in [0.15, 0.2) is 22.9 Å². The van der Waals surface area contributed by atoms with Crippen molar-refractivity contribution in [1.82, 2.24) is 10.1 Å². The van der Waals surface area contributed by atoms with Gasteiger partial charge in [0.25, 0.3) is 11.6 Å². The molecule has 0 saturated carbocycles. The van der Waals surface area contributed by atoms with Crippen molar-refractivity contribution in [2.24, 2.45) is 0 Å². The molecule has 0 radical (unpaired) electrons. The van der Waals surface area contributed by atoms with E-state index >= 15 is 0 Å². The predicted octanol–water partition coefficient (Wildman–Crippen LogP) is 2.19. The van der Waals surface area contributed by atoms with Crippen LogP contribution in [0.4, 0.5) is 11.6 Å². The van der Waals surface area contributed by atoms with Crippen LogP contribution in [0.1, 0.15) is 16.1 Å². The van der Waals surface area contributed by atoms with Gasteiger partial charge in [-0.2, -0.15) is 0 Å². The zero-order chi connectivity index (χ0) is 14.0. The van der Waals surface area contributed by atoms with Crippen LogP contribution in [-0.2, 0) is 0 Å². The van der Waals surface area contributed by atoms with Crippen molar-refractivity contribution in [3.8, 4) is 0 Å². The van der Waals surface area contributed by atoms with E-state index in [1.807, 2.05) is 0 Å². The lowest BCUT2D eigenvalue weighted by atomic mass is 10.2. The number of anilines is 1. The molecule has 2 rings (SSSR count). The molecule has 2 heterocycles. The summed E-state index contributed by atoms with van der Waals surface area (Å²) in [6, 6.07) is 2.53. The van der Waals surface area contributed by atoms with E-state index in [-0.39, 0.29) is 22.3 Å². The molecule has 9 heteroatoms. The summed E-state index contributed by atoms with van der Waals surface area (Å²) in [5.41, 5.74) is 0.131. The van der Waals surface area contributed by atoms with Crippen LogP contribution in [0.2, 0.25) is 5.15 Å². The molecule has 0 fully saturated rings. The normalized spacial score (nSPS) is 10.2. The van der Waals surface area contributed by atoms with Crippen LogP contribution in [0.3, 0.4) is 0 Å². The average Bonchev–Trinajstić information content (AvgIpc) is 2.74. The van der Waals surface area contributed by atoms with Crippen LogP contribution in [0, 0.1) is 17.0 Å². The highest BCUT2D eigenvalue weighted by Crippen LogP contribution is 2.20. The molecule has 19 heavy (non-hydrogen) atoms. The first-order valence-corrected chi connectivity index (χ1v) is 5.40. The van der Waals surface area contributed by atoms with Crippen LogP contribution >= 0.6 is 11.6 Å². The van der Waals surface area contributed by atoms with Crippen molar-refractivity contribution >= 4 is 29.1 Å². The van der Waals surface area contributed by atoms with Gasteiger partial charge in [0, 0.05) is 12.1 Å². The van der Waals surface area contributed by atoms with E-state index in [9.17, 15) is 14.9 Å². The van der Waals surface area contributed by atoms with Crippen molar-refractivity contribution in [2.45, 2.75) is 6.92 Å². The summed E-state index contributed by atoms with van der Waals surface area (Å²) in [7, 11) is 0. The standard InChI is InChI=1S/C10H7ClN4O4/c1-5-2-8(19-14-5)13-10(16)7-3-6(15(17)18)4-12-9(7)11/h2-4H,1H3,(H,13,16). The van der Waals surface area contributed by atoms with E-state index < -0.39 is 10.8 Å². The third-order valence-corrected chi connectivity index (χ3v) is 2.45. The van der Waals surface area contributed by atoms with Gasteiger partial charge in [0.2, 0.25) is 5.88 Å². The quantitative estimate of drug-likeness (QED) is 0.525. The van der Waals surface area contributed by atoms with Crippen molar-refractivity contribution < 1.29 is 14.2 Å². The SMILES string of the molecule is Cc1cc(NC(=O)c2cc([N+](=O)[O-])cnc2Cl)on1. The topological polar surface area (TPSA) is 111 Å². The van der Waals surface area contributed by atoms with Crippen molar-refractivity contribution in [3.05, 3.63) is 44.9 Å². The molecule has 2 aromatic rings. The number of nitrogens with zero attached hydrogens (tertiary/aromatic N) is 3. The second-order valence-corrected chi connectivity index (χ2v) is 3.93. The Bertz CT molecular complexity index is 655. The molecule has 98 valence electrons. The maximum atomic E-state index is 11.9. The van der Waals surface area contributed by atoms with Gasteiger partial charge in [-0.15, -0.1) is 0 Å². The molecule has 0 spiro atoms. The Hall–Kier alpha value is -2.48. The monoisotopic (exact) mass is 282 g/mol. The smallest absolute Gasteiger partial charge is 0.288 e. The number of rotatable bonds is 3. The molecule has 0 unspecified atom stereocenters. The number of halogens is 1. The van der Waals surface area contributed by atoms with Crippen molar-refractivity contribution in [3.63, 3.8) is 0 Å². The van der Waals surface area contributed by atoms with Gasteiger partial charge in [0.15, 0.2) is 0 Å². The lowest BCUT2D eigenvalue weighted by Gasteiger charge is -2.02. The molecular formula is C10H7ClN4O4. The summed E-state index contributed by atoms with van der Waals surface area (Å²) in [5.74, 6) is -0.553. The van der Waals surface area contributed by atoms with E-state index in [4.69, 9.17) is 16.1 Å². The molecule has 1 amide bonds. The Kier molecular flexibility index (Phi) is 3.43. The van der Waals surface area contributed by atoms with E-state index in [0.717, 1.165) is 12.3 Å². The summed E-state index contributed by atoms with van der Waals surface area (Å²) in [5, 5.41) is 16.4. The number of hydrogen-bond acceptors (Lipinski definition) is 6. The highest BCUT2D eigenvalue weighted by atomic mass is 35.5. The molecule has 1 N–H and O–H groups in total. The second kappa shape index (κ2) is 5.02. The van der Waals surface area contributed by atoms with Gasteiger partial charge in [-0.3, -0.25) is 20.2 Å². The highest BCUT2D eigenvalue weighted by molar-refractivity contribution is 6.33. The molecule has 0 atom stereocenters. The lowest BCUT2D eigenvalue weighted by Crippen LogP contribution is -2.13. The first-order chi connectivity index (χ1) is 8.97. The minimum absolute atomic E-state index is 0.116. The fraction of sp³-hybridized carbons (Fsp3) is 0.100. The summed E-state index contributed by atoms with van der Waals surface area (Å²) in [6.45, 7) is 1.68. The summed E-state index contributed by atoms with van der Waals surface area (Å²) in [6.07, 6.45) is 0.970. The van der Waals surface area contributed by atoms with Crippen LogP contribution < -0.4 is 5.32 Å². The van der Waals surface area contributed by atoms with Crippen LogP contribution in [0.5, 0.6) is 0 Å². The third kappa shape index (κ3) is 2.86. The Balaban J connectivity index is 2.27. The minimum atomic E-state index is -0.669. The molecule has 0 saturated heterocycles. The molecule has 2 aromatic heterocycles. The maximum Gasteiger partial charge on any atom is 0.288 e. The first kappa shape index (κ1) is 13.0. The number of hydrogen-bond donors (Lipinski definition) is 1. The number of aryl methyl sites for hydroxylation is 1. The first-order valence-electron chi connectivity index (χ1n) is 5.02. The van der Waals surface area contributed by atoms with Crippen molar-refractivity contribution in [2.75, 3.05) is 5.32 Å². The van der Waals surface area contributed by atoms with Gasteiger partial charge in [0.1, 0.15) is 11.3 Å². The van der Waals surface area contributed by atoms with E-state index in [0.29, 0.717) is 5.69 Å². The summed E-state index contributed by atoms with van der Waals surface area (Å²) >= 11 is 5.73. The Morgan fingerprint density at radius 2 is 2.26 bits per heavy atom. The maximum absolute atomic E-state index is 11.9. The molecule has 0 aromatic carbocycles. The number of carbonyl (C=O) groups is 1. The van der Waals surface area contributed by atoms with Crippen LogP contribution in [0.25, 0.3) is 0 Å². The number of aromatic nitrogens is 2. The molecule has 0 aliphatic carbocycles. The minimum Gasteiger partial charge on any atom is -0.338 e. The van der Waals surface area contributed by atoms with E-state index in [1.54, 1.807) is 6.92 Å². The zero-order valence-electron chi connectivity index (χ0n) is 9.58. The predicted molar refractivity (Wildman–Crippen MR) is 65.1 cm³/mol. The Morgan fingerprint density at radius 3 is 2.84 bits per heavy atom. The number of pyridine rings is 1. The van der Waals surface area contributed by atoms with Gasteiger partial charge in [-0.1, -0.05) is 16.8 Å². The van der Waals surface area contributed by atoms with E-state index in [2.05, 4.69) is 15.5 Å². The van der Waals surface area contributed by atoms with Gasteiger partial charge in [-0.25, -0.2) is 4.98 Å². The zero-order valence-corrected chi connectivity index (χ0v) is 10.3. The van der Waals surface area contributed by atoms with Gasteiger partial charge in [0.05, 0.1) is 16.2 Å². The number of carbonyl (C=O) groups excluding carboxylic acids is 1. The molecule has 8 nitrogen and oxygen atoms in total. The molecule has 0 aliphatic rings. The molecule has 0 aliphatic heterocycles. The number of nitro groups is 1. The van der Waals surface area contributed by atoms with Gasteiger partial charge in [-0.05, 0) is 6.92 Å². The van der Waals surface area contributed by atoms with Gasteiger partial charge < -0.3 is 4.52 Å². The largest absolute Gasteiger partial charge is 0.338 e. The lowest BCUT2D eigenvalue weighted by molar-refractivity contribution is -0.385. The third-order valence-electron chi connectivity index (χ3n) is 2.14. The second-order valence-electron chi connectivity index (χ2n) is 3.58. The van der Waals surface area contributed by atoms with Gasteiger partial charge >= 0.3 is 0 Å². The average molecular weight is 283 g/mol. The highest BCUT2D eigenvalue weighted by Gasteiger charge is 2.18. The summed E-state index contributed by atoms with van der Waals surface area (Å²) in [4.78, 5) is 25.4. The molecule has 0 bridgehead atoms.